The average molecular weight is 274 g/mol. The first-order valence-corrected chi connectivity index (χ1v) is 6.35. The Balaban J connectivity index is 2.06. The Morgan fingerprint density at radius 3 is 2.60 bits per heavy atom. The number of rotatable bonds is 5. The van der Waals surface area contributed by atoms with Crippen LogP contribution >= 0.6 is 0 Å². The molecule has 1 aromatic heterocycles. The molecule has 0 fully saturated rings. The van der Waals surface area contributed by atoms with Crippen molar-refractivity contribution in [3.63, 3.8) is 0 Å². The van der Waals surface area contributed by atoms with Crippen LogP contribution in [0.4, 0.5) is 0 Å². The molecule has 0 saturated carbocycles. The zero-order valence-corrected chi connectivity index (χ0v) is 11.5. The molecule has 20 heavy (non-hydrogen) atoms. The van der Waals surface area contributed by atoms with E-state index in [0.29, 0.717) is 18.0 Å². The summed E-state index contributed by atoms with van der Waals surface area (Å²) in [6, 6.07) is 8.26. The van der Waals surface area contributed by atoms with Crippen LogP contribution in [0, 0.1) is 0 Å². The van der Waals surface area contributed by atoms with Gasteiger partial charge in [-0.05, 0) is 30.7 Å². The lowest BCUT2D eigenvalue weighted by Crippen LogP contribution is -2.18. The van der Waals surface area contributed by atoms with Crippen molar-refractivity contribution >= 4 is 0 Å². The van der Waals surface area contributed by atoms with E-state index in [4.69, 9.17) is 4.74 Å². The topological polar surface area (TPSA) is 74.6 Å². The molecule has 0 aliphatic carbocycles. The summed E-state index contributed by atoms with van der Waals surface area (Å²) in [4.78, 5) is 4.04. The molecule has 2 aromatic rings. The minimum atomic E-state index is -0.185. The summed E-state index contributed by atoms with van der Waals surface area (Å²) >= 11 is 0. The normalized spacial score (nSPS) is 12.1. The highest BCUT2D eigenvalue weighted by Gasteiger charge is 2.14. The standard InChI is InChI=1S/C15H18N2O3/c1-10(15-12(18)4-3-5-13(15)19)17-9-11-6-7-16-14(8-11)20-2/h3-8,10,17-19H,9H2,1-2H3. The number of aromatic nitrogens is 1. The monoisotopic (exact) mass is 274 g/mol. The lowest BCUT2D eigenvalue weighted by Gasteiger charge is -2.17. The molecule has 0 aliphatic heterocycles. The predicted octanol–water partition coefficient (Wildman–Crippen LogP) is 2.35. The summed E-state index contributed by atoms with van der Waals surface area (Å²) in [5.41, 5.74) is 1.51. The van der Waals surface area contributed by atoms with Crippen LogP contribution in [0.15, 0.2) is 36.5 Å². The number of nitrogens with one attached hydrogen (secondary N) is 1. The van der Waals surface area contributed by atoms with Crippen molar-refractivity contribution in [2.24, 2.45) is 0 Å². The van der Waals surface area contributed by atoms with E-state index < -0.39 is 0 Å². The fourth-order valence-corrected chi connectivity index (χ4v) is 2.03. The van der Waals surface area contributed by atoms with Gasteiger partial charge in [-0.1, -0.05) is 6.07 Å². The minimum Gasteiger partial charge on any atom is -0.507 e. The number of methoxy groups -OCH3 is 1. The molecule has 0 spiro atoms. The van der Waals surface area contributed by atoms with Crippen molar-refractivity contribution in [3.05, 3.63) is 47.7 Å². The number of phenols is 2. The van der Waals surface area contributed by atoms with E-state index in [-0.39, 0.29) is 17.5 Å². The molecule has 5 nitrogen and oxygen atoms in total. The Morgan fingerprint density at radius 2 is 1.95 bits per heavy atom. The van der Waals surface area contributed by atoms with Gasteiger partial charge in [-0.2, -0.15) is 0 Å². The number of hydrogen-bond donors (Lipinski definition) is 3. The summed E-state index contributed by atoms with van der Waals surface area (Å²) < 4.78 is 5.07. The van der Waals surface area contributed by atoms with Gasteiger partial charge >= 0.3 is 0 Å². The quantitative estimate of drug-likeness (QED) is 0.780. The van der Waals surface area contributed by atoms with Gasteiger partial charge in [0.2, 0.25) is 5.88 Å². The SMILES string of the molecule is COc1cc(CNC(C)c2c(O)cccc2O)ccn1. The van der Waals surface area contributed by atoms with Crippen LogP contribution in [-0.4, -0.2) is 22.3 Å². The van der Waals surface area contributed by atoms with Crippen molar-refractivity contribution in [2.45, 2.75) is 19.5 Å². The maximum Gasteiger partial charge on any atom is 0.213 e. The molecule has 0 saturated heterocycles. The van der Waals surface area contributed by atoms with Gasteiger partial charge in [0.25, 0.3) is 0 Å². The molecule has 0 bridgehead atoms. The van der Waals surface area contributed by atoms with Crippen molar-refractivity contribution in [3.8, 4) is 17.4 Å². The molecule has 0 aliphatic rings. The third-order valence-electron chi connectivity index (χ3n) is 3.11. The predicted molar refractivity (Wildman–Crippen MR) is 75.8 cm³/mol. The Hall–Kier alpha value is -2.27. The van der Waals surface area contributed by atoms with E-state index in [1.807, 2.05) is 19.1 Å². The van der Waals surface area contributed by atoms with Crippen molar-refractivity contribution in [1.82, 2.24) is 10.3 Å². The molecule has 1 atom stereocenters. The summed E-state index contributed by atoms with van der Waals surface area (Å²) in [7, 11) is 1.57. The highest BCUT2D eigenvalue weighted by molar-refractivity contribution is 5.44. The largest absolute Gasteiger partial charge is 0.507 e. The lowest BCUT2D eigenvalue weighted by molar-refractivity contribution is 0.396. The Bertz CT molecular complexity index is 567. The molecule has 2 rings (SSSR count). The molecule has 106 valence electrons. The number of benzene rings is 1. The van der Waals surface area contributed by atoms with E-state index in [1.165, 1.54) is 0 Å². The summed E-state index contributed by atoms with van der Waals surface area (Å²) in [5, 5.41) is 22.9. The number of nitrogens with zero attached hydrogens (tertiary/aromatic N) is 1. The summed E-state index contributed by atoms with van der Waals surface area (Å²) in [6.45, 7) is 2.46. The number of pyridine rings is 1. The first kappa shape index (κ1) is 14.1. The van der Waals surface area contributed by atoms with E-state index in [2.05, 4.69) is 10.3 Å². The van der Waals surface area contributed by atoms with Gasteiger partial charge in [-0.15, -0.1) is 0 Å². The Kier molecular flexibility index (Phi) is 4.42. The van der Waals surface area contributed by atoms with Gasteiger partial charge in [-0.3, -0.25) is 0 Å². The van der Waals surface area contributed by atoms with E-state index in [1.54, 1.807) is 31.5 Å². The third kappa shape index (κ3) is 3.19. The second-order valence-corrected chi connectivity index (χ2v) is 4.52. The number of hydrogen-bond acceptors (Lipinski definition) is 5. The van der Waals surface area contributed by atoms with Crippen LogP contribution in [0.3, 0.4) is 0 Å². The number of aromatic hydroxyl groups is 2. The molecular formula is C15H18N2O3. The smallest absolute Gasteiger partial charge is 0.213 e. The van der Waals surface area contributed by atoms with Gasteiger partial charge in [0.1, 0.15) is 11.5 Å². The molecule has 1 unspecified atom stereocenters. The third-order valence-corrected chi connectivity index (χ3v) is 3.11. The zero-order chi connectivity index (χ0) is 14.5. The highest BCUT2D eigenvalue weighted by Crippen LogP contribution is 2.32. The van der Waals surface area contributed by atoms with E-state index >= 15 is 0 Å². The second kappa shape index (κ2) is 6.25. The molecular weight excluding hydrogens is 256 g/mol. The van der Waals surface area contributed by atoms with Crippen molar-refractivity contribution < 1.29 is 14.9 Å². The van der Waals surface area contributed by atoms with Crippen LogP contribution in [0.25, 0.3) is 0 Å². The molecule has 5 heteroatoms. The van der Waals surface area contributed by atoms with Crippen LogP contribution in [0.2, 0.25) is 0 Å². The van der Waals surface area contributed by atoms with Gasteiger partial charge in [-0.25, -0.2) is 4.98 Å². The van der Waals surface area contributed by atoms with Gasteiger partial charge in [0, 0.05) is 24.8 Å². The summed E-state index contributed by atoms with van der Waals surface area (Å²) in [6.07, 6.45) is 1.68. The highest BCUT2D eigenvalue weighted by atomic mass is 16.5. The number of phenolic OH excluding ortho intramolecular Hbond substituents is 2. The van der Waals surface area contributed by atoms with Gasteiger partial charge in [0.05, 0.1) is 12.7 Å². The van der Waals surface area contributed by atoms with Crippen LogP contribution in [-0.2, 0) is 6.54 Å². The molecule has 1 aromatic carbocycles. The maximum absolute atomic E-state index is 9.81. The first-order valence-electron chi connectivity index (χ1n) is 6.35. The average Bonchev–Trinajstić information content (AvgIpc) is 2.45. The van der Waals surface area contributed by atoms with E-state index in [0.717, 1.165) is 5.56 Å². The van der Waals surface area contributed by atoms with Crippen molar-refractivity contribution in [1.29, 1.82) is 0 Å². The molecule has 0 amide bonds. The fraction of sp³-hybridized carbons (Fsp3) is 0.267. The van der Waals surface area contributed by atoms with Gasteiger partial charge < -0.3 is 20.3 Å². The van der Waals surface area contributed by atoms with Crippen LogP contribution in [0.5, 0.6) is 17.4 Å². The van der Waals surface area contributed by atoms with Crippen LogP contribution in [0.1, 0.15) is 24.1 Å². The Labute approximate surface area is 117 Å². The first-order chi connectivity index (χ1) is 9.61. The second-order valence-electron chi connectivity index (χ2n) is 4.52. The molecule has 3 N–H and O–H groups in total. The van der Waals surface area contributed by atoms with E-state index in [9.17, 15) is 10.2 Å². The number of ether oxygens (including phenoxy) is 1. The van der Waals surface area contributed by atoms with Crippen LogP contribution < -0.4 is 10.1 Å². The zero-order valence-electron chi connectivity index (χ0n) is 11.5. The maximum atomic E-state index is 9.81. The summed E-state index contributed by atoms with van der Waals surface area (Å²) in [5.74, 6) is 0.719. The minimum absolute atomic E-state index is 0.0808. The fourth-order valence-electron chi connectivity index (χ4n) is 2.03. The van der Waals surface area contributed by atoms with Crippen molar-refractivity contribution in [2.75, 3.05) is 7.11 Å². The molecule has 0 radical (unpaired) electrons. The Morgan fingerprint density at radius 1 is 1.25 bits per heavy atom. The lowest BCUT2D eigenvalue weighted by atomic mass is 10.1. The molecule has 1 heterocycles. The van der Waals surface area contributed by atoms with Gasteiger partial charge in [0.15, 0.2) is 0 Å².